The number of aliphatic hydroxyl groups is 1. The maximum absolute atomic E-state index is 13.1. The number of hydrogen-bond acceptors (Lipinski definition) is 5. The van der Waals surface area contributed by atoms with E-state index in [1.807, 2.05) is 44.2 Å². The molecule has 186 valence electrons. The van der Waals surface area contributed by atoms with E-state index in [0.29, 0.717) is 25.7 Å². The Balaban J connectivity index is 1.39. The lowest BCUT2D eigenvalue weighted by Crippen LogP contribution is -2.52. The van der Waals surface area contributed by atoms with Crippen molar-refractivity contribution in [2.75, 3.05) is 6.61 Å². The molecule has 2 aromatic carbocycles. The maximum Gasteiger partial charge on any atom is 0.241 e. The Labute approximate surface area is 206 Å². The molecule has 1 aliphatic rings. The molecule has 3 aromatic rings. The summed E-state index contributed by atoms with van der Waals surface area (Å²) in [6.07, 6.45) is 5.57. The van der Waals surface area contributed by atoms with Gasteiger partial charge in [0.05, 0.1) is 23.2 Å². The number of nitrogens with one attached hydrogen (secondary N) is 2. The topological polar surface area (TPSA) is 113 Å². The fraction of sp³-hybridized carbons (Fsp3) is 0.385. The van der Waals surface area contributed by atoms with Crippen LogP contribution < -0.4 is 10.0 Å². The Morgan fingerprint density at radius 3 is 2.26 bits per heavy atom. The van der Waals surface area contributed by atoms with Gasteiger partial charge >= 0.3 is 0 Å². The van der Waals surface area contributed by atoms with Crippen molar-refractivity contribution in [2.45, 2.75) is 56.0 Å². The second-order valence-electron chi connectivity index (χ2n) is 9.79. The van der Waals surface area contributed by atoms with Crippen LogP contribution in [-0.4, -0.2) is 41.4 Å². The van der Waals surface area contributed by atoms with Gasteiger partial charge in [-0.3, -0.25) is 4.79 Å². The molecule has 0 spiro atoms. The quantitative estimate of drug-likeness (QED) is 0.443. The van der Waals surface area contributed by atoms with Crippen LogP contribution in [0.15, 0.2) is 78.0 Å². The zero-order valence-electron chi connectivity index (χ0n) is 20.0. The van der Waals surface area contributed by atoms with E-state index in [9.17, 15) is 18.3 Å². The molecule has 0 unspecified atom stereocenters. The minimum atomic E-state index is -3.73. The van der Waals surface area contributed by atoms with Crippen LogP contribution in [0.1, 0.15) is 51.1 Å². The Bertz CT molecular complexity index is 1230. The van der Waals surface area contributed by atoms with Crippen LogP contribution in [0, 0.1) is 5.41 Å². The third kappa shape index (κ3) is 5.63. The van der Waals surface area contributed by atoms with E-state index in [1.165, 1.54) is 0 Å². The summed E-state index contributed by atoms with van der Waals surface area (Å²) in [5, 5.41) is 16.9. The van der Waals surface area contributed by atoms with Crippen LogP contribution in [0.4, 0.5) is 0 Å². The fourth-order valence-electron chi connectivity index (χ4n) is 4.52. The number of nitrogens with zero attached hydrogens (tertiary/aromatic N) is 2. The van der Waals surface area contributed by atoms with Crippen molar-refractivity contribution in [1.29, 1.82) is 0 Å². The molecule has 1 saturated carbocycles. The lowest BCUT2D eigenvalue weighted by molar-refractivity contribution is -0.133. The summed E-state index contributed by atoms with van der Waals surface area (Å²) in [5.74, 6) is -0.125. The van der Waals surface area contributed by atoms with Gasteiger partial charge in [0.2, 0.25) is 15.9 Å². The SMILES string of the molecule is CC1(NS(=O)(=O)c2ccc(-n3cccn3)cc2)CCC(C)(C(=O)N[C@H](CO)c2ccccc2)CC1. The predicted molar refractivity (Wildman–Crippen MR) is 133 cm³/mol. The molecule has 1 heterocycles. The number of sulfonamides is 1. The zero-order chi connectivity index (χ0) is 25.1. The summed E-state index contributed by atoms with van der Waals surface area (Å²) in [4.78, 5) is 13.3. The van der Waals surface area contributed by atoms with Crippen LogP contribution in [0.5, 0.6) is 0 Å². The molecule has 35 heavy (non-hydrogen) atoms. The smallest absolute Gasteiger partial charge is 0.241 e. The molecular formula is C26H32N4O4S. The number of aromatic nitrogens is 2. The van der Waals surface area contributed by atoms with Gasteiger partial charge in [-0.2, -0.15) is 5.10 Å². The normalized spacial score (nSPS) is 23.5. The minimum Gasteiger partial charge on any atom is -0.394 e. The molecule has 1 fully saturated rings. The van der Waals surface area contributed by atoms with Crippen LogP contribution in [0.3, 0.4) is 0 Å². The molecule has 0 bridgehead atoms. The zero-order valence-corrected chi connectivity index (χ0v) is 20.8. The highest BCUT2D eigenvalue weighted by molar-refractivity contribution is 7.89. The van der Waals surface area contributed by atoms with E-state index in [4.69, 9.17) is 0 Å². The van der Waals surface area contributed by atoms with Gasteiger partial charge in [-0.05, 0) is 68.5 Å². The Kier molecular flexibility index (Phi) is 7.12. The molecule has 3 N–H and O–H groups in total. The summed E-state index contributed by atoms with van der Waals surface area (Å²) in [7, 11) is -3.73. The number of hydrogen-bond donors (Lipinski definition) is 3. The first kappa shape index (κ1) is 25.1. The Hall–Kier alpha value is -3.01. The number of carbonyl (C=O) groups excluding carboxylic acids is 1. The van der Waals surface area contributed by atoms with Gasteiger partial charge in [0, 0.05) is 23.3 Å². The van der Waals surface area contributed by atoms with E-state index in [2.05, 4.69) is 15.1 Å². The van der Waals surface area contributed by atoms with Crippen LogP contribution in [-0.2, 0) is 14.8 Å². The van der Waals surface area contributed by atoms with Gasteiger partial charge in [0.25, 0.3) is 0 Å². The summed E-state index contributed by atoms with van der Waals surface area (Å²) < 4.78 is 30.7. The summed E-state index contributed by atoms with van der Waals surface area (Å²) >= 11 is 0. The molecule has 0 radical (unpaired) electrons. The van der Waals surface area contributed by atoms with Crippen molar-refractivity contribution in [1.82, 2.24) is 19.8 Å². The summed E-state index contributed by atoms with van der Waals surface area (Å²) in [6.45, 7) is 3.60. The van der Waals surface area contributed by atoms with Gasteiger partial charge in [0.1, 0.15) is 0 Å². The van der Waals surface area contributed by atoms with E-state index < -0.39 is 27.0 Å². The highest BCUT2D eigenvalue weighted by atomic mass is 32.2. The number of aliphatic hydroxyl groups excluding tert-OH is 1. The predicted octanol–water partition coefficient (Wildman–Crippen LogP) is 3.34. The minimum absolute atomic E-state index is 0.125. The molecule has 9 heteroatoms. The monoisotopic (exact) mass is 496 g/mol. The maximum atomic E-state index is 13.1. The fourth-order valence-corrected chi connectivity index (χ4v) is 5.98. The first-order chi connectivity index (χ1) is 16.6. The van der Waals surface area contributed by atoms with Crippen molar-refractivity contribution in [3.8, 4) is 5.69 Å². The highest BCUT2D eigenvalue weighted by Gasteiger charge is 2.44. The molecule has 0 saturated heterocycles. The van der Waals surface area contributed by atoms with E-state index >= 15 is 0 Å². The van der Waals surface area contributed by atoms with Gasteiger partial charge in [-0.25, -0.2) is 17.8 Å². The lowest BCUT2D eigenvalue weighted by Gasteiger charge is -2.42. The van der Waals surface area contributed by atoms with E-state index in [0.717, 1.165) is 11.3 Å². The van der Waals surface area contributed by atoms with E-state index in [-0.39, 0.29) is 17.4 Å². The lowest BCUT2D eigenvalue weighted by atomic mass is 9.68. The third-order valence-corrected chi connectivity index (χ3v) is 8.65. The first-order valence-electron chi connectivity index (χ1n) is 11.8. The Morgan fingerprint density at radius 1 is 1.03 bits per heavy atom. The van der Waals surface area contributed by atoms with Crippen molar-refractivity contribution < 1.29 is 18.3 Å². The molecule has 4 rings (SSSR count). The third-order valence-electron chi connectivity index (χ3n) is 6.99. The molecule has 0 aliphatic heterocycles. The highest BCUT2D eigenvalue weighted by Crippen LogP contribution is 2.41. The average Bonchev–Trinajstić information content (AvgIpc) is 3.40. The molecule has 1 amide bonds. The van der Waals surface area contributed by atoms with Crippen LogP contribution in [0.25, 0.3) is 5.69 Å². The second-order valence-corrected chi connectivity index (χ2v) is 11.5. The standard InChI is InChI=1S/C26H32N4O4S/c1-25(24(32)28-23(19-31)20-7-4-3-5-8-20)13-15-26(2,16-14-25)29-35(33,34)22-11-9-21(10-12-22)30-18-6-17-27-30/h3-12,17-18,23,29,31H,13-16,19H2,1-2H3,(H,28,32)/t23-,25?,26?/m1/s1. The van der Waals surface area contributed by atoms with Crippen molar-refractivity contribution >= 4 is 15.9 Å². The molecule has 1 aromatic heterocycles. The van der Waals surface area contributed by atoms with Crippen molar-refractivity contribution in [2.24, 2.45) is 5.41 Å². The summed E-state index contributed by atoms with van der Waals surface area (Å²) in [6, 6.07) is 17.3. The van der Waals surface area contributed by atoms with Gasteiger partial charge in [-0.1, -0.05) is 37.3 Å². The Morgan fingerprint density at radius 2 is 1.69 bits per heavy atom. The van der Waals surface area contributed by atoms with Gasteiger partial charge < -0.3 is 10.4 Å². The summed E-state index contributed by atoms with van der Waals surface area (Å²) in [5.41, 5.74) is 0.323. The average molecular weight is 497 g/mol. The van der Waals surface area contributed by atoms with Gasteiger partial charge in [-0.15, -0.1) is 0 Å². The van der Waals surface area contributed by atoms with Crippen LogP contribution in [0.2, 0.25) is 0 Å². The molecule has 8 nitrogen and oxygen atoms in total. The molecular weight excluding hydrogens is 464 g/mol. The number of amides is 1. The largest absolute Gasteiger partial charge is 0.394 e. The van der Waals surface area contributed by atoms with Crippen LogP contribution >= 0.6 is 0 Å². The molecule has 1 aliphatic carbocycles. The number of rotatable bonds is 8. The number of carbonyl (C=O) groups is 1. The van der Waals surface area contributed by atoms with Crippen molar-refractivity contribution in [3.63, 3.8) is 0 Å². The second kappa shape index (κ2) is 9.93. The molecule has 1 atom stereocenters. The first-order valence-corrected chi connectivity index (χ1v) is 13.2. The van der Waals surface area contributed by atoms with E-state index in [1.54, 1.807) is 47.4 Å². The number of benzene rings is 2. The van der Waals surface area contributed by atoms with Crippen molar-refractivity contribution in [3.05, 3.63) is 78.6 Å². The van der Waals surface area contributed by atoms with Gasteiger partial charge in [0.15, 0.2) is 0 Å².